The van der Waals surface area contributed by atoms with Crippen molar-refractivity contribution in [3.05, 3.63) is 125 Å². The Bertz CT molecular complexity index is 2500. The van der Waals surface area contributed by atoms with Crippen molar-refractivity contribution in [3.8, 4) is 0 Å². The van der Waals surface area contributed by atoms with E-state index < -0.39 is 24.6 Å². The van der Waals surface area contributed by atoms with Gasteiger partial charge in [0.05, 0.1) is 2.74 Å². The molecule has 0 radical (unpaired) electrons. The number of benzene rings is 5. The van der Waals surface area contributed by atoms with Crippen LogP contribution in [0.25, 0.3) is 0 Å². The van der Waals surface area contributed by atoms with Gasteiger partial charge in [0.2, 0.25) is 0 Å². The summed E-state index contributed by atoms with van der Waals surface area (Å²) in [6, 6.07) is 31.9. The van der Waals surface area contributed by atoms with Crippen molar-refractivity contribution in [2.45, 2.75) is 149 Å². The van der Waals surface area contributed by atoms with Crippen LogP contribution in [0.2, 0.25) is 0 Å². The number of nitrogens with zero attached hydrogens (tertiary/aromatic N) is 2. The van der Waals surface area contributed by atoms with E-state index in [2.05, 4.69) is 178 Å². The molecule has 2 aliphatic heterocycles. The Morgan fingerprint density at radius 1 is 0.492 bits per heavy atom. The molecule has 3 unspecified atom stereocenters. The number of hydrogen-bond donors (Lipinski definition) is 0. The highest BCUT2D eigenvalue weighted by Crippen LogP contribution is 2.62. The molecule has 3 atom stereocenters. The molecule has 11 rings (SSSR count). The van der Waals surface area contributed by atoms with Gasteiger partial charge in [0, 0.05) is 38.2 Å². The summed E-state index contributed by atoms with van der Waals surface area (Å²) in [7, 11) is 0. The van der Waals surface area contributed by atoms with Gasteiger partial charge in [-0.1, -0.05) is 132 Å². The lowest BCUT2D eigenvalue weighted by atomic mass is 9.33. The van der Waals surface area contributed by atoms with E-state index in [4.69, 9.17) is 0 Å². The SMILES string of the molecule is [2H]c1c2c3c(c([2H])c1C14C([2H])C5CC(CC(C5)C1[2H])C4[2H])N(c1ccc(C(C)(C)C)cc1)c1ccc(C(C)(C)C)cc1B3c1cc(C(C)(C)C)ccc1N2c1ccc(C(C)(C)C)cc1. The number of rotatable bonds is 3. The van der Waals surface area contributed by atoms with Crippen molar-refractivity contribution < 1.29 is 6.85 Å². The van der Waals surface area contributed by atoms with Crippen LogP contribution in [-0.2, 0) is 27.1 Å². The largest absolute Gasteiger partial charge is 0.311 e. The Balaban J connectivity index is 1.38. The first kappa shape index (κ1) is 33.5. The van der Waals surface area contributed by atoms with Crippen LogP contribution in [0.1, 0.15) is 156 Å². The Hall–Kier alpha value is -4.24. The van der Waals surface area contributed by atoms with Gasteiger partial charge in [-0.3, -0.25) is 0 Å². The number of fused-ring (bicyclic) bond motifs is 4. The van der Waals surface area contributed by atoms with Gasteiger partial charge in [-0.2, -0.15) is 0 Å². The van der Waals surface area contributed by atoms with Crippen molar-refractivity contribution in [1.29, 1.82) is 0 Å². The second-order valence-electron chi connectivity index (χ2n) is 22.9. The van der Waals surface area contributed by atoms with Crippen LogP contribution < -0.4 is 26.2 Å². The van der Waals surface area contributed by atoms with Crippen LogP contribution >= 0.6 is 0 Å². The van der Waals surface area contributed by atoms with Crippen LogP contribution in [0.15, 0.2) is 97.0 Å². The van der Waals surface area contributed by atoms with E-state index in [9.17, 15) is 6.85 Å². The van der Waals surface area contributed by atoms with E-state index in [0.717, 1.165) is 69.8 Å². The summed E-state index contributed by atoms with van der Waals surface area (Å²) in [5.74, 6) is 0.170. The van der Waals surface area contributed by atoms with Gasteiger partial charge >= 0.3 is 0 Å². The molecule has 304 valence electrons. The fourth-order valence-corrected chi connectivity index (χ4v) is 11.2. The van der Waals surface area contributed by atoms with Crippen molar-refractivity contribution in [2.75, 3.05) is 9.80 Å². The quantitative estimate of drug-likeness (QED) is 0.165. The van der Waals surface area contributed by atoms with Gasteiger partial charge < -0.3 is 9.80 Å². The van der Waals surface area contributed by atoms with E-state index >= 15 is 0 Å². The molecule has 5 aromatic rings. The molecule has 0 amide bonds. The van der Waals surface area contributed by atoms with Crippen LogP contribution in [-0.4, -0.2) is 6.71 Å². The van der Waals surface area contributed by atoms with Crippen molar-refractivity contribution >= 4 is 57.2 Å². The molecule has 6 aliphatic rings. The van der Waals surface area contributed by atoms with Crippen LogP contribution in [0, 0.1) is 17.8 Å². The monoisotopic (exact) mass is 784 g/mol. The Morgan fingerprint density at radius 2 is 0.831 bits per heavy atom. The summed E-state index contributed by atoms with van der Waals surface area (Å²) >= 11 is 0. The highest BCUT2D eigenvalue weighted by atomic mass is 15.2. The molecule has 0 N–H and O–H groups in total. The van der Waals surface area contributed by atoms with Crippen LogP contribution in [0.4, 0.5) is 34.1 Å². The fraction of sp³-hybridized carbons (Fsp3) is 0.464. The predicted molar refractivity (Wildman–Crippen MR) is 255 cm³/mol. The van der Waals surface area contributed by atoms with Gasteiger partial charge in [-0.15, -0.1) is 0 Å². The van der Waals surface area contributed by atoms with Gasteiger partial charge in [0.1, 0.15) is 0 Å². The lowest BCUT2D eigenvalue weighted by molar-refractivity contribution is -0.00514. The predicted octanol–water partition coefficient (Wildman–Crippen LogP) is 13.4. The smallest absolute Gasteiger partial charge is 0.252 e. The zero-order valence-electron chi connectivity index (χ0n) is 42.6. The van der Waals surface area contributed by atoms with Gasteiger partial charge in [0.25, 0.3) is 6.71 Å². The molecule has 0 aromatic heterocycles. The topological polar surface area (TPSA) is 6.48 Å². The van der Waals surface area contributed by atoms with E-state index in [1.54, 1.807) is 0 Å². The second-order valence-corrected chi connectivity index (χ2v) is 22.9. The van der Waals surface area contributed by atoms with Crippen molar-refractivity contribution in [2.24, 2.45) is 17.8 Å². The standard InChI is InChI=1S/C56H67BN2/c1-52(2,3)38-13-19-43(20-14-38)58-47-23-17-40(54(7,8)9)28-45(47)57-46-29-41(55(10,11)12)18-24-48(46)59(44-21-15-39(16-22-44)53(4,5)6)50-31-42(30-49(58)51(50)57)56-32-35-25-36(33-56)27-37(26-35)34-56/h13-24,28-31,35-37H,25-27,32-34H2,1-12H3/i30D,31D,32D,33D,34D. The maximum atomic E-state index is 10.8. The van der Waals surface area contributed by atoms with Crippen LogP contribution in [0.5, 0.6) is 0 Å². The molecule has 3 heteroatoms. The van der Waals surface area contributed by atoms with E-state index in [1.165, 1.54) is 22.3 Å². The summed E-state index contributed by atoms with van der Waals surface area (Å²) in [5, 5.41) is 0. The normalized spacial score (nSPS) is 28.3. The molecular weight excluding hydrogens is 711 g/mol. The van der Waals surface area contributed by atoms with Gasteiger partial charge in [-0.25, -0.2) is 0 Å². The lowest BCUT2D eigenvalue weighted by Crippen LogP contribution is -2.62. The second kappa shape index (κ2) is 12.9. The summed E-state index contributed by atoms with van der Waals surface area (Å²) in [6.07, 6.45) is 0.273. The van der Waals surface area contributed by atoms with Crippen molar-refractivity contribution in [1.82, 2.24) is 0 Å². The molecule has 5 aromatic carbocycles. The van der Waals surface area contributed by atoms with Crippen molar-refractivity contribution in [3.63, 3.8) is 0 Å². The highest BCUT2D eigenvalue weighted by Gasteiger charge is 2.53. The average Bonchev–Trinajstić information content (AvgIpc) is 3.23. The minimum absolute atomic E-state index is 0.0565. The van der Waals surface area contributed by atoms with E-state index in [1.807, 2.05) is 0 Å². The average molecular weight is 784 g/mol. The fourth-order valence-electron chi connectivity index (χ4n) is 11.2. The van der Waals surface area contributed by atoms with E-state index in [-0.39, 0.29) is 58.2 Å². The van der Waals surface area contributed by atoms with Crippen LogP contribution in [0.3, 0.4) is 0 Å². The third-order valence-electron chi connectivity index (χ3n) is 14.4. The first-order chi connectivity index (χ1) is 29.8. The molecule has 0 spiro atoms. The zero-order valence-corrected chi connectivity index (χ0v) is 37.6. The Morgan fingerprint density at radius 3 is 1.17 bits per heavy atom. The summed E-state index contributed by atoms with van der Waals surface area (Å²) in [5.41, 5.74) is 12.2. The summed E-state index contributed by atoms with van der Waals surface area (Å²) in [6.45, 7) is 26.7. The molecule has 0 saturated heterocycles. The molecular formula is C56H67BN2. The zero-order chi connectivity index (χ0) is 46.0. The maximum absolute atomic E-state index is 10.8. The first-order valence-corrected chi connectivity index (χ1v) is 22.4. The third-order valence-corrected chi connectivity index (χ3v) is 14.4. The molecule has 4 fully saturated rings. The molecule has 2 heterocycles. The lowest BCUT2D eigenvalue weighted by Gasteiger charge is -2.57. The number of anilines is 6. The summed E-state index contributed by atoms with van der Waals surface area (Å²) < 4.78 is 52.0. The van der Waals surface area contributed by atoms with E-state index in [0.29, 0.717) is 5.56 Å². The molecule has 2 nitrogen and oxygen atoms in total. The molecule has 59 heavy (non-hydrogen) atoms. The third kappa shape index (κ3) is 6.34. The highest BCUT2D eigenvalue weighted by molar-refractivity contribution is 7.00. The maximum Gasteiger partial charge on any atom is 0.252 e. The Labute approximate surface area is 363 Å². The van der Waals surface area contributed by atoms with Gasteiger partial charge in [-0.05, 0) is 176 Å². The minimum Gasteiger partial charge on any atom is -0.311 e. The Kier molecular flexibility index (Phi) is 7.31. The molecule has 4 saturated carbocycles. The molecule has 4 aliphatic carbocycles. The molecule has 4 bridgehead atoms. The minimum atomic E-state index is -1.28. The summed E-state index contributed by atoms with van der Waals surface area (Å²) in [4.78, 5) is 4.57. The van der Waals surface area contributed by atoms with Gasteiger partial charge in [0.15, 0.2) is 0 Å². The first-order valence-electron chi connectivity index (χ1n) is 25.1. The number of hydrogen-bond acceptors (Lipinski definition) is 2.